The van der Waals surface area contributed by atoms with Crippen molar-refractivity contribution in [3.63, 3.8) is 0 Å². The van der Waals surface area contributed by atoms with Crippen molar-refractivity contribution in [1.29, 1.82) is 0 Å². The molecule has 4 nitrogen and oxygen atoms in total. The Kier molecular flexibility index (Phi) is 4.86. The first-order valence-electron chi connectivity index (χ1n) is 7.89. The van der Waals surface area contributed by atoms with Crippen LogP contribution in [0.1, 0.15) is 41.0 Å². The molecule has 2 heterocycles. The summed E-state index contributed by atoms with van der Waals surface area (Å²) in [6.07, 6.45) is 2.07. The van der Waals surface area contributed by atoms with Crippen LogP contribution in [-0.4, -0.2) is 31.1 Å². The molecule has 0 radical (unpaired) electrons. The van der Waals surface area contributed by atoms with Gasteiger partial charge in [0, 0.05) is 17.0 Å². The van der Waals surface area contributed by atoms with Crippen molar-refractivity contribution in [2.45, 2.75) is 25.8 Å². The van der Waals surface area contributed by atoms with Crippen molar-refractivity contribution >= 4 is 17.2 Å². The summed E-state index contributed by atoms with van der Waals surface area (Å²) in [6, 6.07) is 9.75. The van der Waals surface area contributed by atoms with Gasteiger partial charge in [0.05, 0.1) is 19.8 Å². The van der Waals surface area contributed by atoms with Gasteiger partial charge in [0.25, 0.3) is 5.91 Å². The quantitative estimate of drug-likeness (QED) is 0.827. The third kappa shape index (κ3) is 3.20. The van der Waals surface area contributed by atoms with Crippen LogP contribution in [0.5, 0.6) is 11.5 Å². The first-order valence-corrected chi connectivity index (χ1v) is 8.77. The normalized spacial score (nSPS) is 17.3. The van der Waals surface area contributed by atoms with Crippen molar-refractivity contribution in [1.82, 2.24) is 4.90 Å². The Bertz CT molecular complexity index is 669. The summed E-state index contributed by atoms with van der Waals surface area (Å²) in [4.78, 5) is 16.2. The monoisotopic (exact) mass is 331 g/mol. The number of methoxy groups -OCH3 is 1. The molecule has 1 unspecified atom stereocenters. The molecule has 1 aromatic heterocycles. The average Bonchev–Trinajstić information content (AvgIpc) is 3.25. The van der Waals surface area contributed by atoms with Gasteiger partial charge in [-0.05, 0) is 49.4 Å². The van der Waals surface area contributed by atoms with Crippen LogP contribution in [0, 0.1) is 0 Å². The van der Waals surface area contributed by atoms with Crippen LogP contribution in [0.15, 0.2) is 35.7 Å². The molecular weight excluding hydrogens is 310 g/mol. The van der Waals surface area contributed by atoms with Crippen LogP contribution >= 0.6 is 11.3 Å². The average molecular weight is 331 g/mol. The van der Waals surface area contributed by atoms with Gasteiger partial charge in [-0.1, -0.05) is 6.07 Å². The standard InChI is InChI=1S/C18H21NO3S/c1-3-22-15-9-8-13(12-16(15)21-2)18(20)19-10-4-6-14(19)17-7-5-11-23-17/h5,7-9,11-12,14H,3-4,6,10H2,1-2H3. The van der Waals surface area contributed by atoms with Gasteiger partial charge in [0.2, 0.25) is 0 Å². The number of thiophene rings is 1. The summed E-state index contributed by atoms with van der Waals surface area (Å²) in [5, 5.41) is 2.07. The Morgan fingerprint density at radius 1 is 1.35 bits per heavy atom. The number of hydrogen-bond donors (Lipinski definition) is 0. The topological polar surface area (TPSA) is 38.8 Å². The Hall–Kier alpha value is -2.01. The lowest BCUT2D eigenvalue weighted by molar-refractivity contribution is 0.0737. The van der Waals surface area contributed by atoms with E-state index >= 15 is 0 Å². The predicted molar refractivity (Wildman–Crippen MR) is 91.5 cm³/mol. The largest absolute Gasteiger partial charge is 0.493 e. The number of nitrogens with zero attached hydrogens (tertiary/aromatic N) is 1. The molecule has 1 aromatic carbocycles. The van der Waals surface area contributed by atoms with Gasteiger partial charge in [-0.2, -0.15) is 0 Å². The fraction of sp³-hybridized carbons (Fsp3) is 0.389. The first kappa shape index (κ1) is 15.9. The summed E-state index contributed by atoms with van der Waals surface area (Å²) in [5.74, 6) is 1.33. The summed E-state index contributed by atoms with van der Waals surface area (Å²) < 4.78 is 10.9. The molecule has 1 saturated heterocycles. The molecule has 0 spiro atoms. The fourth-order valence-corrected chi connectivity index (χ4v) is 3.90. The van der Waals surface area contributed by atoms with Gasteiger partial charge in [0.1, 0.15) is 0 Å². The Balaban J connectivity index is 1.85. The minimum absolute atomic E-state index is 0.0576. The number of rotatable bonds is 5. The third-order valence-electron chi connectivity index (χ3n) is 4.10. The fourth-order valence-electron chi connectivity index (χ4n) is 3.03. The minimum Gasteiger partial charge on any atom is -0.493 e. The van der Waals surface area contributed by atoms with Crippen molar-refractivity contribution in [3.8, 4) is 11.5 Å². The van der Waals surface area contributed by atoms with E-state index in [0.29, 0.717) is 23.7 Å². The molecule has 1 amide bonds. The Morgan fingerprint density at radius 2 is 2.22 bits per heavy atom. The number of benzene rings is 1. The molecule has 1 aliphatic rings. The molecule has 2 aromatic rings. The maximum Gasteiger partial charge on any atom is 0.254 e. The molecule has 0 N–H and O–H groups in total. The van der Waals surface area contributed by atoms with E-state index in [-0.39, 0.29) is 11.9 Å². The predicted octanol–water partition coefficient (Wildman–Crippen LogP) is 4.13. The highest BCUT2D eigenvalue weighted by atomic mass is 32.1. The maximum atomic E-state index is 12.9. The summed E-state index contributed by atoms with van der Waals surface area (Å²) in [7, 11) is 1.59. The molecule has 122 valence electrons. The van der Waals surface area contributed by atoms with Crippen LogP contribution in [0.25, 0.3) is 0 Å². The number of amides is 1. The zero-order chi connectivity index (χ0) is 16.2. The second kappa shape index (κ2) is 7.04. The number of hydrogen-bond acceptors (Lipinski definition) is 4. The van der Waals surface area contributed by atoms with Crippen molar-refractivity contribution < 1.29 is 14.3 Å². The van der Waals surface area contributed by atoms with E-state index in [4.69, 9.17) is 9.47 Å². The van der Waals surface area contributed by atoms with E-state index in [1.165, 1.54) is 4.88 Å². The smallest absolute Gasteiger partial charge is 0.254 e. The van der Waals surface area contributed by atoms with Gasteiger partial charge >= 0.3 is 0 Å². The summed E-state index contributed by atoms with van der Waals surface area (Å²) in [5.41, 5.74) is 0.647. The van der Waals surface area contributed by atoms with Crippen LogP contribution < -0.4 is 9.47 Å². The molecule has 1 aliphatic heterocycles. The maximum absolute atomic E-state index is 12.9. The lowest BCUT2D eigenvalue weighted by Crippen LogP contribution is -2.30. The number of ether oxygens (including phenoxy) is 2. The minimum atomic E-state index is 0.0576. The third-order valence-corrected chi connectivity index (χ3v) is 5.07. The second-order valence-electron chi connectivity index (χ2n) is 5.47. The van der Waals surface area contributed by atoms with Crippen LogP contribution in [0.3, 0.4) is 0 Å². The summed E-state index contributed by atoms with van der Waals surface area (Å²) in [6.45, 7) is 3.29. The highest BCUT2D eigenvalue weighted by Gasteiger charge is 2.31. The van der Waals surface area contributed by atoms with E-state index in [1.54, 1.807) is 24.5 Å². The summed E-state index contributed by atoms with van der Waals surface area (Å²) >= 11 is 1.71. The van der Waals surface area contributed by atoms with E-state index < -0.39 is 0 Å². The van der Waals surface area contributed by atoms with Gasteiger partial charge in [0.15, 0.2) is 11.5 Å². The zero-order valence-corrected chi connectivity index (χ0v) is 14.3. The second-order valence-corrected chi connectivity index (χ2v) is 6.45. The SMILES string of the molecule is CCOc1ccc(C(=O)N2CCCC2c2cccs2)cc1OC. The van der Waals surface area contributed by atoms with Crippen molar-refractivity contribution in [2.75, 3.05) is 20.3 Å². The van der Waals surface area contributed by atoms with Crippen molar-refractivity contribution in [3.05, 3.63) is 46.2 Å². The van der Waals surface area contributed by atoms with Gasteiger partial charge in [-0.15, -0.1) is 11.3 Å². The highest BCUT2D eigenvalue weighted by Crippen LogP contribution is 2.36. The molecule has 5 heteroatoms. The van der Waals surface area contributed by atoms with E-state index in [0.717, 1.165) is 19.4 Å². The van der Waals surface area contributed by atoms with E-state index in [9.17, 15) is 4.79 Å². The molecular formula is C18H21NO3S. The van der Waals surface area contributed by atoms with E-state index in [2.05, 4.69) is 11.4 Å². The van der Waals surface area contributed by atoms with Gasteiger partial charge in [-0.25, -0.2) is 0 Å². The zero-order valence-electron chi connectivity index (χ0n) is 13.5. The molecule has 23 heavy (non-hydrogen) atoms. The van der Waals surface area contributed by atoms with Gasteiger partial charge in [-0.3, -0.25) is 4.79 Å². The molecule has 1 fully saturated rings. The molecule has 0 saturated carbocycles. The first-order chi connectivity index (χ1) is 11.2. The highest BCUT2D eigenvalue weighted by molar-refractivity contribution is 7.10. The molecule has 0 aliphatic carbocycles. The van der Waals surface area contributed by atoms with Crippen LogP contribution in [0.4, 0.5) is 0 Å². The van der Waals surface area contributed by atoms with Crippen molar-refractivity contribution in [2.24, 2.45) is 0 Å². The number of carbonyl (C=O) groups is 1. The van der Waals surface area contributed by atoms with E-state index in [1.807, 2.05) is 30.0 Å². The number of carbonyl (C=O) groups excluding carboxylic acids is 1. The lowest BCUT2D eigenvalue weighted by atomic mass is 10.1. The number of likely N-dealkylation sites (tertiary alicyclic amines) is 1. The molecule has 3 rings (SSSR count). The Labute approximate surface area is 140 Å². The van der Waals surface area contributed by atoms with Crippen LogP contribution in [0.2, 0.25) is 0 Å². The molecule has 0 bridgehead atoms. The van der Waals surface area contributed by atoms with Crippen LogP contribution in [-0.2, 0) is 0 Å². The molecule has 1 atom stereocenters. The van der Waals surface area contributed by atoms with Gasteiger partial charge < -0.3 is 14.4 Å². The lowest BCUT2D eigenvalue weighted by Gasteiger charge is -2.24. The Morgan fingerprint density at radius 3 is 2.91 bits per heavy atom.